The molecule has 5 nitrogen and oxygen atoms in total. The summed E-state index contributed by atoms with van der Waals surface area (Å²) in [7, 11) is 0.833. The Kier molecular flexibility index (Phi) is 4.77. The summed E-state index contributed by atoms with van der Waals surface area (Å²) in [5, 5.41) is 0. The number of rotatable bonds is 4. The van der Waals surface area contributed by atoms with Crippen molar-refractivity contribution in [2.75, 3.05) is 19.8 Å². The first kappa shape index (κ1) is 19.5. The average molecular weight is 422 g/mol. The van der Waals surface area contributed by atoms with E-state index < -0.39 is 10.8 Å². The van der Waals surface area contributed by atoms with Crippen LogP contribution in [0, 0.1) is 17.8 Å². The van der Waals surface area contributed by atoms with Gasteiger partial charge >= 0.3 is 0 Å². The third-order valence-corrected chi connectivity index (χ3v) is 7.68. The monoisotopic (exact) mass is 421 g/mol. The van der Waals surface area contributed by atoms with Crippen molar-refractivity contribution in [2.45, 2.75) is 30.7 Å². The van der Waals surface area contributed by atoms with Crippen LogP contribution >= 0.6 is 0 Å². The van der Waals surface area contributed by atoms with Gasteiger partial charge in [-0.2, -0.15) is 0 Å². The van der Waals surface area contributed by atoms with Gasteiger partial charge in [0.15, 0.2) is 0 Å². The second-order valence-corrected chi connectivity index (χ2v) is 10.2. The van der Waals surface area contributed by atoms with Crippen molar-refractivity contribution in [1.29, 1.82) is 0 Å². The zero-order chi connectivity index (χ0) is 21.0. The molecule has 0 spiro atoms. The zero-order valence-electron chi connectivity index (χ0n) is 17.6. The topological polar surface area (TPSA) is 53.5 Å². The van der Waals surface area contributed by atoms with Crippen LogP contribution in [0.2, 0.25) is 0 Å². The SMILES string of the molecule is CC1CN(C)C(N2C(=O)c3c(cccc3S(C)=O)C2c2cccnc2)=CC1C1CC1. The van der Waals surface area contributed by atoms with Crippen molar-refractivity contribution in [3.8, 4) is 0 Å². The van der Waals surface area contributed by atoms with Gasteiger partial charge in [-0.15, -0.1) is 0 Å². The Hall–Kier alpha value is -2.47. The first-order chi connectivity index (χ1) is 14.5. The van der Waals surface area contributed by atoms with Gasteiger partial charge in [-0.05, 0) is 59.9 Å². The number of hydrogen-bond donors (Lipinski definition) is 0. The molecule has 2 aliphatic heterocycles. The summed E-state index contributed by atoms with van der Waals surface area (Å²) in [5.41, 5.74) is 2.47. The molecule has 30 heavy (non-hydrogen) atoms. The Morgan fingerprint density at radius 3 is 2.63 bits per heavy atom. The quantitative estimate of drug-likeness (QED) is 0.753. The number of carbonyl (C=O) groups is 1. The number of amides is 1. The van der Waals surface area contributed by atoms with E-state index >= 15 is 0 Å². The highest BCUT2D eigenvalue weighted by Gasteiger charge is 2.45. The highest BCUT2D eigenvalue weighted by Crippen LogP contribution is 2.48. The second kappa shape index (κ2) is 7.34. The van der Waals surface area contributed by atoms with Crippen LogP contribution in [0.1, 0.15) is 47.3 Å². The normalized spacial score (nSPS) is 27.1. The number of hydrogen-bond acceptors (Lipinski definition) is 4. The van der Waals surface area contributed by atoms with Crippen molar-refractivity contribution >= 4 is 16.7 Å². The Bertz CT molecular complexity index is 1050. The number of fused-ring (bicyclic) bond motifs is 1. The molecule has 4 unspecified atom stereocenters. The maximum atomic E-state index is 13.8. The van der Waals surface area contributed by atoms with E-state index in [2.05, 4.69) is 29.9 Å². The maximum Gasteiger partial charge on any atom is 0.261 e. The minimum absolute atomic E-state index is 0.0631. The first-order valence-corrected chi connectivity index (χ1v) is 12.2. The molecule has 1 saturated carbocycles. The summed E-state index contributed by atoms with van der Waals surface area (Å²) in [6.07, 6.45) is 10.1. The van der Waals surface area contributed by atoms with E-state index in [1.165, 1.54) is 12.8 Å². The van der Waals surface area contributed by atoms with Crippen molar-refractivity contribution in [3.05, 3.63) is 71.3 Å². The smallest absolute Gasteiger partial charge is 0.261 e. The van der Waals surface area contributed by atoms with Gasteiger partial charge in [0.1, 0.15) is 5.82 Å². The molecule has 0 bridgehead atoms. The summed E-state index contributed by atoms with van der Waals surface area (Å²) >= 11 is 0. The Balaban J connectivity index is 1.68. The minimum Gasteiger partial charge on any atom is -0.361 e. The van der Waals surface area contributed by atoms with Crippen LogP contribution in [0.15, 0.2) is 59.5 Å². The molecule has 156 valence electrons. The number of aromatic nitrogens is 1. The van der Waals surface area contributed by atoms with E-state index in [-0.39, 0.29) is 11.9 Å². The third-order valence-electron chi connectivity index (χ3n) is 6.72. The number of carbonyl (C=O) groups excluding carboxylic acids is 1. The molecule has 2 aromatic rings. The highest BCUT2D eigenvalue weighted by atomic mass is 32.2. The van der Waals surface area contributed by atoms with Crippen LogP contribution in [0.3, 0.4) is 0 Å². The summed E-state index contributed by atoms with van der Waals surface area (Å²) < 4.78 is 12.4. The van der Waals surface area contributed by atoms with Crippen molar-refractivity contribution < 1.29 is 9.00 Å². The summed E-state index contributed by atoms with van der Waals surface area (Å²) in [4.78, 5) is 22.9. The van der Waals surface area contributed by atoms with Gasteiger partial charge < -0.3 is 4.90 Å². The molecular formula is C24H27N3O2S. The van der Waals surface area contributed by atoms with E-state index in [9.17, 15) is 9.00 Å². The molecule has 0 saturated heterocycles. The van der Waals surface area contributed by atoms with Crippen molar-refractivity contribution in [3.63, 3.8) is 0 Å². The van der Waals surface area contributed by atoms with Gasteiger partial charge in [-0.3, -0.25) is 18.9 Å². The van der Waals surface area contributed by atoms with E-state index in [1.54, 1.807) is 12.5 Å². The van der Waals surface area contributed by atoms with Crippen LogP contribution in [-0.2, 0) is 10.8 Å². The predicted octanol–water partition coefficient (Wildman–Crippen LogP) is 3.81. The average Bonchev–Trinajstić information content (AvgIpc) is 3.53. The molecule has 1 aliphatic carbocycles. The molecule has 1 aromatic carbocycles. The standard InChI is InChI=1S/C24H27N3O2S/c1-15-14-26(2)21(12-19(15)16-9-10-16)27-23(17-6-5-11-25-13-17)18-7-4-8-20(30(3)29)22(18)24(27)28/h4-8,11-13,15-16,19,23H,9-10,14H2,1-3H3. The van der Waals surface area contributed by atoms with Crippen molar-refractivity contribution in [1.82, 2.24) is 14.8 Å². The first-order valence-electron chi connectivity index (χ1n) is 10.6. The lowest BCUT2D eigenvalue weighted by atomic mass is 9.86. The number of allylic oxidation sites excluding steroid dienone is 1. The predicted molar refractivity (Wildman–Crippen MR) is 117 cm³/mol. The maximum absolute atomic E-state index is 13.8. The largest absolute Gasteiger partial charge is 0.361 e. The van der Waals surface area contributed by atoms with Crippen LogP contribution < -0.4 is 0 Å². The summed E-state index contributed by atoms with van der Waals surface area (Å²) in [6.45, 7) is 3.24. The van der Waals surface area contributed by atoms with Crippen LogP contribution in [0.25, 0.3) is 0 Å². The van der Waals surface area contributed by atoms with E-state index in [0.29, 0.717) is 22.3 Å². The van der Waals surface area contributed by atoms with Crippen molar-refractivity contribution in [2.24, 2.45) is 17.8 Å². The molecule has 3 aliphatic rings. The second-order valence-electron chi connectivity index (χ2n) is 8.84. The van der Waals surface area contributed by atoms with Gasteiger partial charge in [0.25, 0.3) is 5.91 Å². The third kappa shape index (κ3) is 3.09. The Labute approximate surface area is 180 Å². The molecule has 4 atom stereocenters. The molecule has 3 heterocycles. The van der Waals surface area contributed by atoms with Crippen LogP contribution in [0.5, 0.6) is 0 Å². The van der Waals surface area contributed by atoms with E-state index in [4.69, 9.17) is 0 Å². The van der Waals surface area contributed by atoms with E-state index in [0.717, 1.165) is 29.4 Å². The zero-order valence-corrected chi connectivity index (χ0v) is 18.4. The molecule has 6 heteroatoms. The highest BCUT2D eigenvalue weighted by molar-refractivity contribution is 7.84. The molecule has 0 radical (unpaired) electrons. The van der Waals surface area contributed by atoms with Gasteiger partial charge in [0.05, 0.1) is 27.3 Å². The lowest BCUT2D eigenvalue weighted by Crippen LogP contribution is -2.43. The van der Waals surface area contributed by atoms with Gasteiger partial charge in [0.2, 0.25) is 0 Å². The van der Waals surface area contributed by atoms with Crippen LogP contribution in [-0.4, -0.2) is 44.7 Å². The fraction of sp³-hybridized carbons (Fsp3) is 0.417. The van der Waals surface area contributed by atoms with E-state index in [1.807, 2.05) is 41.4 Å². The van der Waals surface area contributed by atoms with Gasteiger partial charge in [0, 0.05) is 32.2 Å². The lowest BCUT2D eigenvalue weighted by molar-refractivity contribution is 0.0716. The minimum atomic E-state index is -1.24. The molecular weight excluding hydrogens is 394 g/mol. The fourth-order valence-electron chi connectivity index (χ4n) is 5.18. The van der Waals surface area contributed by atoms with Gasteiger partial charge in [-0.1, -0.05) is 25.1 Å². The Morgan fingerprint density at radius 2 is 1.97 bits per heavy atom. The fourth-order valence-corrected chi connectivity index (χ4v) is 5.94. The number of nitrogens with zero attached hydrogens (tertiary/aromatic N) is 3. The molecule has 1 amide bonds. The molecule has 5 rings (SSSR count). The molecule has 0 N–H and O–H groups in total. The Morgan fingerprint density at radius 1 is 1.17 bits per heavy atom. The molecule has 1 fully saturated rings. The van der Waals surface area contributed by atoms with Crippen LogP contribution in [0.4, 0.5) is 0 Å². The van der Waals surface area contributed by atoms with Gasteiger partial charge in [-0.25, -0.2) is 0 Å². The number of benzene rings is 1. The summed E-state index contributed by atoms with van der Waals surface area (Å²) in [6, 6.07) is 9.38. The molecule has 1 aromatic heterocycles. The summed E-state index contributed by atoms with van der Waals surface area (Å²) in [5.74, 6) is 2.71. The number of pyridine rings is 1. The lowest BCUT2D eigenvalue weighted by Gasteiger charge is -2.41.